The number of thioether (sulfide) groups is 1. The van der Waals surface area contributed by atoms with Crippen LogP contribution in [0.4, 0.5) is 4.39 Å². The normalized spacial score (nSPS) is 12.4. The fraction of sp³-hybridized carbons (Fsp3) is 0.200. The third-order valence-corrected chi connectivity index (χ3v) is 4.52. The Morgan fingerprint density at radius 2 is 2.05 bits per heavy atom. The Morgan fingerprint density at radius 1 is 1.30 bits per heavy atom. The number of nitrogens with one attached hydrogen (secondary N) is 1. The van der Waals surface area contributed by atoms with Crippen LogP contribution in [-0.4, -0.2) is 5.75 Å². The predicted molar refractivity (Wildman–Crippen MR) is 83.4 cm³/mol. The average Bonchev–Trinajstić information content (AvgIpc) is 2.40. The van der Waals surface area contributed by atoms with E-state index in [4.69, 9.17) is 17.4 Å². The number of hydrogen-bond acceptors (Lipinski definition) is 3. The quantitative estimate of drug-likeness (QED) is 0.496. The molecule has 0 aliphatic rings. The van der Waals surface area contributed by atoms with Crippen LogP contribution in [0.2, 0.25) is 5.02 Å². The minimum absolute atomic E-state index is 0.134. The van der Waals surface area contributed by atoms with Gasteiger partial charge in [0.15, 0.2) is 0 Å². The van der Waals surface area contributed by atoms with Crippen molar-refractivity contribution in [1.82, 2.24) is 5.43 Å². The minimum Gasteiger partial charge on any atom is -0.271 e. The third-order valence-electron chi connectivity index (χ3n) is 2.91. The summed E-state index contributed by atoms with van der Waals surface area (Å²) in [6.07, 6.45) is 0. The molecule has 3 N–H and O–H groups in total. The Hall–Kier alpha value is -1.07. The van der Waals surface area contributed by atoms with Crippen molar-refractivity contribution in [3.05, 3.63) is 64.4 Å². The van der Waals surface area contributed by atoms with E-state index in [1.54, 1.807) is 11.8 Å². The van der Waals surface area contributed by atoms with Crippen molar-refractivity contribution >= 4 is 23.4 Å². The van der Waals surface area contributed by atoms with Crippen molar-refractivity contribution in [2.24, 2.45) is 5.84 Å². The lowest BCUT2D eigenvalue weighted by molar-refractivity contribution is 0.590. The molecular formula is C15H16ClFN2S. The van der Waals surface area contributed by atoms with Gasteiger partial charge in [-0.25, -0.2) is 4.39 Å². The fourth-order valence-electron chi connectivity index (χ4n) is 1.94. The van der Waals surface area contributed by atoms with Gasteiger partial charge in [0.25, 0.3) is 0 Å². The summed E-state index contributed by atoms with van der Waals surface area (Å²) in [4.78, 5) is 0.988. The summed E-state index contributed by atoms with van der Waals surface area (Å²) >= 11 is 7.70. The van der Waals surface area contributed by atoms with Crippen molar-refractivity contribution < 1.29 is 4.39 Å². The summed E-state index contributed by atoms with van der Waals surface area (Å²) in [6, 6.07) is 12.4. The molecule has 0 heterocycles. The van der Waals surface area contributed by atoms with Gasteiger partial charge >= 0.3 is 0 Å². The zero-order valence-corrected chi connectivity index (χ0v) is 12.6. The van der Waals surface area contributed by atoms with Crippen LogP contribution < -0.4 is 11.3 Å². The highest BCUT2D eigenvalue weighted by Gasteiger charge is 2.12. The summed E-state index contributed by atoms with van der Waals surface area (Å²) in [5, 5.41) is 0.712. The Labute approximate surface area is 127 Å². The topological polar surface area (TPSA) is 38.0 Å². The molecule has 1 atom stereocenters. The number of halogens is 2. The fourth-order valence-corrected chi connectivity index (χ4v) is 3.26. The predicted octanol–water partition coefficient (Wildman–Crippen LogP) is 4.08. The number of hydrogen-bond donors (Lipinski definition) is 2. The summed E-state index contributed by atoms with van der Waals surface area (Å²) in [5.74, 6) is 6.01. The first kappa shape index (κ1) is 15.3. The molecule has 0 spiro atoms. The molecule has 0 amide bonds. The van der Waals surface area contributed by atoms with Crippen LogP contribution in [0, 0.1) is 12.7 Å². The van der Waals surface area contributed by atoms with Crippen LogP contribution in [-0.2, 0) is 0 Å². The Bertz CT molecular complexity index is 572. The second-order valence-electron chi connectivity index (χ2n) is 4.52. The lowest BCUT2D eigenvalue weighted by Gasteiger charge is -2.17. The van der Waals surface area contributed by atoms with Crippen LogP contribution in [0.3, 0.4) is 0 Å². The van der Waals surface area contributed by atoms with Gasteiger partial charge in [-0.3, -0.25) is 11.3 Å². The molecule has 0 aliphatic carbocycles. The molecule has 0 fully saturated rings. The maximum atomic E-state index is 13.5. The summed E-state index contributed by atoms with van der Waals surface area (Å²) < 4.78 is 13.5. The molecule has 0 aliphatic heterocycles. The zero-order valence-electron chi connectivity index (χ0n) is 11.1. The molecular weight excluding hydrogens is 295 g/mol. The average molecular weight is 311 g/mol. The van der Waals surface area contributed by atoms with E-state index in [1.165, 1.54) is 12.1 Å². The highest BCUT2D eigenvalue weighted by atomic mass is 35.5. The van der Waals surface area contributed by atoms with E-state index in [1.807, 2.05) is 37.3 Å². The summed E-state index contributed by atoms with van der Waals surface area (Å²) in [6.45, 7) is 1.86. The maximum absolute atomic E-state index is 13.5. The molecule has 2 aromatic carbocycles. The molecule has 106 valence electrons. The molecule has 0 bridgehead atoms. The molecule has 0 radical (unpaired) electrons. The van der Waals surface area contributed by atoms with Gasteiger partial charge in [-0.15, -0.1) is 11.8 Å². The highest BCUT2D eigenvalue weighted by molar-refractivity contribution is 7.99. The van der Waals surface area contributed by atoms with E-state index < -0.39 is 0 Å². The second-order valence-corrected chi connectivity index (χ2v) is 5.99. The Morgan fingerprint density at radius 3 is 2.70 bits per heavy atom. The standard InChI is InChI=1S/C15H16ClFN2S/c1-10-6-11(8-12(17)7-10)14(19-18)9-20-15-5-3-2-4-13(15)16/h2-8,14,19H,9,18H2,1H3. The van der Waals surface area contributed by atoms with E-state index in [0.29, 0.717) is 10.8 Å². The largest absolute Gasteiger partial charge is 0.271 e. The van der Waals surface area contributed by atoms with Gasteiger partial charge in [0.05, 0.1) is 11.1 Å². The first-order chi connectivity index (χ1) is 9.60. The number of nitrogens with two attached hydrogens (primary N) is 1. The van der Waals surface area contributed by atoms with Crippen LogP contribution in [0.15, 0.2) is 47.4 Å². The number of benzene rings is 2. The second kappa shape index (κ2) is 7.09. The molecule has 20 heavy (non-hydrogen) atoms. The lowest BCUT2D eigenvalue weighted by Crippen LogP contribution is -2.29. The van der Waals surface area contributed by atoms with Gasteiger partial charge in [-0.05, 0) is 42.3 Å². The van der Waals surface area contributed by atoms with Crippen molar-refractivity contribution in [3.8, 4) is 0 Å². The molecule has 5 heteroatoms. The third kappa shape index (κ3) is 3.96. The van der Waals surface area contributed by atoms with Crippen LogP contribution in [0.1, 0.15) is 17.2 Å². The van der Waals surface area contributed by atoms with E-state index in [2.05, 4.69) is 5.43 Å². The summed E-state index contributed by atoms with van der Waals surface area (Å²) in [5.41, 5.74) is 4.45. The number of hydrazine groups is 1. The van der Waals surface area contributed by atoms with E-state index in [9.17, 15) is 4.39 Å². The molecule has 1 unspecified atom stereocenters. The highest BCUT2D eigenvalue weighted by Crippen LogP contribution is 2.30. The van der Waals surface area contributed by atoms with Crippen molar-refractivity contribution in [2.45, 2.75) is 17.9 Å². The number of rotatable bonds is 5. The van der Waals surface area contributed by atoms with Gasteiger partial charge in [-0.1, -0.05) is 29.8 Å². The van der Waals surface area contributed by atoms with Crippen LogP contribution in [0.5, 0.6) is 0 Å². The van der Waals surface area contributed by atoms with Crippen molar-refractivity contribution in [1.29, 1.82) is 0 Å². The van der Waals surface area contributed by atoms with Crippen LogP contribution in [0.25, 0.3) is 0 Å². The Balaban J connectivity index is 2.11. The van der Waals surface area contributed by atoms with Gasteiger partial charge < -0.3 is 0 Å². The molecule has 2 aromatic rings. The molecule has 2 rings (SSSR count). The molecule has 0 saturated heterocycles. The molecule has 0 aromatic heterocycles. The van der Waals surface area contributed by atoms with E-state index in [-0.39, 0.29) is 11.9 Å². The molecule has 0 saturated carbocycles. The zero-order chi connectivity index (χ0) is 14.5. The lowest BCUT2D eigenvalue weighted by atomic mass is 10.1. The number of aryl methyl sites for hydroxylation is 1. The van der Waals surface area contributed by atoms with E-state index in [0.717, 1.165) is 16.0 Å². The van der Waals surface area contributed by atoms with Gasteiger partial charge in [0, 0.05) is 10.6 Å². The van der Waals surface area contributed by atoms with Gasteiger partial charge in [-0.2, -0.15) is 0 Å². The SMILES string of the molecule is Cc1cc(F)cc(C(CSc2ccccc2Cl)NN)c1. The van der Waals surface area contributed by atoms with Crippen molar-refractivity contribution in [3.63, 3.8) is 0 Å². The van der Waals surface area contributed by atoms with Crippen LogP contribution >= 0.6 is 23.4 Å². The van der Waals surface area contributed by atoms with Crippen molar-refractivity contribution in [2.75, 3.05) is 5.75 Å². The van der Waals surface area contributed by atoms with Gasteiger partial charge in [0.2, 0.25) is 0 Å². The smallest absolute Gasteiger partial charge is 0.123 e. The minimum atomic E-state index is -0.247. The molecule has 2 nitrogen and oxygen atoms in total. The first-order valence-electron chi connectivity index (χ1n) is 6.20. The first-order valence-corrected chi connectivity index (χ1v) is 7.57. The van der Waals surface area contributed by atoms with Gasteiger partial charge in [0.1, 0.15) is 5.82 Å². The monoisotopic (exact) mass is 310 g/mol. The Kier molecular flexibility index (Phi) is 5.43. The maximum Gasteiger partial charge on any atom is 0.123 e. The van der Waals surface area contributed by atoms with E-state index >= 15 is 0 Å². The summed E-state index contributed by atoms with van der Waals surface area (Å²) in [7, 11) is 0.